The van der Waals surface area contributed by atoms with E-state index in [0.29, 0.717) is 5.92 Å². The maximum atomic E-state index is 13.0. The molecule has 0 amide bonds. The van der Waals surface area contributed by atoms with Gasteiger partial charge in [0, 0.05) is 17.6 Å². The van der Waals surface area contributed by atoms with Crippen LogP contribution in [0.15, 0.2) is 60.7 Å². The van der Waals surface area contributed by atoms with Gasteiger partial charge in [-0.3, -0.25) is 0 Å². The van der Waals surface area contributed by atoms with E-state index in [4.69, 9.17) is 0 Å². The molecule has 1 saturated heterocycles. The Kier molecular flexibility index (Phi) is 3.09. The van der Waals surface area contributed by atoms with Gasteiger partial charge in [0.05, 0.1) is 0 Å². The van der Waals surface area contributed by atoms with Gasteiger partial charge in [-0.2, -0.15) is 0 Å². The minimum Gasteiger partial charge on any atom is -0.319 e. The smallest absolute Gasteiger partial charge is 0.116 e. The first-order valence-corrected chi connectivity index (χ1v) is 8.54. The standard InChI is InChI=1S/C16H17OP/c17-18(16-9-5-2-6-10-16)12-11-15(13-18)14-7-3-1-4-8-14/h1-10,15H,11-13H2/t15-,18+/m1/s1. The van der Waals surface area contributed by atoms with Crippen molar-refractivity contribution < 1.29 is 4.57 Å². The first-order chi connectivity index (χ1) is 8.78. The average molecular weight is 256 g/mol. The summed E-state index contributed by atoms with van der Waals surface area (Å²) in [6.45, 7) is 0. The van der Waals surface area contributed by atoms with Crippen molar-refractivity contribution in [2.45, 2.75) is 12.3 Å². The van der Waals surface area contributed by atoms with Crippen molar-refractivity contribution in [3.05, 3.63) is 66.2 Å². The lowest BCUT2D eigenvalue weighted by Gasteiger charge is -2.13. The van der Waals surface area contributed by atoms with Crippen molar-refractivity contribution in [2.75, 3.05) is 12.3 Å². The fourth-order valence-corrected chi connectivity index (χ4v) is 6.04. The summed E-state index contributed by atoms with van der Waals surface area (Å²) in [5, 5.41) is 1.06. The van der Waals surface area contributed by atoms with Crippen LogP contribution in [-0.2, 0) is 4.57 Å². The summed E-state index contributed by atoms with van der Waals surface area (Å²) in [7, 11) is -2.14. The minimum absolute atomic E-state index is 0.470. The van der Waals surface area contributed by atoms with Gasteiger partial charge in [-0.25, -0.2) is 0 Å². The van der Waals surface area contributed by atoms with Crippen LogP contribution in [0.3, 0.4) is 0 Å². The molecule has 0 bridgehead atoms. The third kappa shape index (κ3) is 2.15. The molecule has 0 radical (unpaired) electrons. The summed E-state index contributed by atoms with van der Waals surface area (Å²) in [4.78, 5) is 0. The van der Waals surface area contributed by atoms with Crippen LogP contribution in [0.5, 0.6) is 0 Å². The molecule has 1 fully saturated rings. The highest BCUT2D eigenvalue weighted by Gasteiger charge is 2.35. The van der Waals surface area contributed by atoms with Gasteiger partial charge < -0.3 is 4.57 Å². The largest absolute Gasteiger partial charge is 0.319 e. The Bertz CT molecular complexity index is 562. The average Bonchev–Trinajstić information content (AvgIpc) is 2.85. The number of hydrogen-bond donors (Lipinski definition) is 0. The summed E-state index contributed by atoms with van der Waals surface area (Å²) in [6, 6.07) is 20.5. The fourth-order valence-electron chi connectivity index (χ4n) is 2.83. The SMILES string of the molecule is O=[P@@]1(c2ccccc2)CC[C@@H](c2ccccc2)C1. The Hall–Kier alpha value is -1.33. The summed E-state index contributed by atoms with van der Waals surface area (Å²) in [5.41, 5.74) is 1.34. The van der Waals surface area contributed by atoms with E-state index in [1.165, 1.54) is 5.56 Å². The van der Waals surface area contributed by atoms with Crippen molar-refractivity contribution in [3.8, 4) is 0 Å². The van der Waals surface area contributed by atoms with Crippen LogP contribution in [0.1, 0.15) is 17.9 Å². The molecular weight excluding hydrogens is 239 g/mol. The second-order valence-corrected chi connectivity index (χ2v) is 8.13. The molecule has 1 heterocycles. The molecule has 2 heteroatoms. The molecule has 0 aliphatic carbocycles. The van der Waals surface area contributed by atoms with E-state index in [-0.39, 0.29) is 0 Å². The van der Waals surface area contributed by atoms with Crippen molar-refractivity contribution in [2.24, 2.45) is 0 Å². The van der Waals surface area contributed by atoms with E-state index in [0.717, 1.165) is 24.0 Å². The molecule has 0 unspecified atom stereocenters. The monoisotopic (exact) mass is 256 g/mol. The molecule has 2 atom stereocenters. The highest BCUT2D eigenvalue weighted by molar-refractivity contribution is 7.71. The molecule has 0 spiro atoms. The van der Waals surface area contributed by atoms with Crippen LogP contribution < -0.4 is 5.30 Å². The molecule has 1 aliphatic rings. The van der Waals surface area contributed by atoms with E-state index in [1.807, 2.05) is 36.4 Å². The van der Waals surface area contributed by atoms with Crippen molar-refractivity contribution in [3.63, 3.8) is 0 Å². The topological polar surface area (TPSA) is 17.1 Å². The molecule has 0 aromatic heterocycles. The van der Waals surface area contributed by atoms with Crippen molar-refractivity contribution in [1.29, 1.82) is 0 Å². The molecule has 1 aliphatic heterocycles. The van der Waals surface area contributed by atoms with Gasteiger partial charge in [0.25, 0.3) is 0 Å². The highest BCUT2D eigenvalue weighted by Crippen LogP contribution is 2.55. The second kappa shape index (κ2) is 4.74. The van der Waals surface area contributed by atoms with Gasteiger partial charge in [0.1, 0.15) is 7.14 Å². The predicted molar refractivity (Wildman–Crippen MR) is 77.2 cm³/mol. The van der Waals surface area contributed by atoms with Crippen LogP contribution in [0.25, 0.3) is 0 Å². The van der Waals surface area contributed by atoms with E-state index in [2.05, 4.69) is 24.3 Å². The summed E-state index contributed by atoms with van der Waals surface area (Å²) >= 11 is 0. The Balaban J connectivity index is 1.86. The second-order valence-electron chi connectivity index (χ2n) is 5.03. The highest BCUT2D eigenvalue weighted by atomic mass is 31.2. The van der Waals surface area contributed by atoms with Crippen LogP contribution >= 0.6 is 7.14 Å². The summed E-state index contributed by atoms with van der Waals surface area (Å²) in [5.74, 6) is 0.470. The molecule has 0 saturated carbocycles. The fraction of sp³-hybridized carbons (Fsp3) is 0.250. The molecule has 1 nitrogen and oxygen atoms in total. The Labute approximate surface area is 108 Å². The Morgan fingerprint density at radius 3 is 2.17 bits per heavy atom. The summed E-state index contributed by atoms with van der Waals surface area (Å²) in [6.07, 6.45) is 2.74. The number of rotatable bonds is 2. The zero-order valence-corrected chi connectivity index (χ0v) is 11.2. The Morgan fingerprint density at radius 2 is 1.50 bits per heavy atom. The third-order valence-electron chi connectivity index (χ3n) is 3.85. The quantitative estimate of drug-likeness (QED) is 0.746. The first kappa shape index (κ1) is 11.7. The van der Waals surface area contributed by atoms with Crippen LogP contribution in [-0.4, -0.2) is 12.3 Å². The lowest BCUT2D eigenvalue weighted by atomic mass is 9.99. The van der Waals surface area contributed by atoms with Gasteiger partial charge in [0.2, 0.25) is 0 Å². The van der Waals surface area contributed by atoms with Gasteiger partial charge >= 0.3 is 0 Å². The molecular formula is C16H17OP. The zero-order chi connectivity index (χ0) is 12.4. The number of benzene rings is 2. The molecule has 92 valence electrons. The van der Waals surface area contributed by atoms with Gasteiger partial charge in [-0.05, 0) is 17.9 Å². The van der Waals surface area contributed by atoms with E-state index < -0.39 is 7.14 Å². The minimum atomic E-state index is -2.14. The van der Waals surface area contributed by atoms with Crippen LogP contribution in [0.4, 0.5) is 0 Å². The van der Waals surface area contributed by atoms with Gasteiger partial charge in [0.15, 0.2) is 0 Å². The number of hydrogen-bond acceptors (Lipinski definition) is 1. The lowest BCUT2D eigenvalue weighted by Crippen LogP contribution is -2.06. The van der Waals surface area contributed by atoms with Crippen LogP contribution in [0.2, 0.25) is 0 Å². The zero-order valence-electron chi connectivity index (χ0n) is 10.3. The molecule has 0 N–H and O–H groups in total. The van der Waals surface area contributed by atoms with Crippen molar-refractivity contribution >= 4 is 12.4 Å². The van der Waals surface area contributed by atoms with E-state index in [9.17, 15) is 4.57 Å². The Morgan fingerprint density at radius 1 is 0.889 bits per heavy atom. The van der Waals surface area contributed by atoms with Gasteiger partial charge in [-0.15, -0.1) is 0 Å². The lowest BCUT2D eigenvalue weighted by molar-refractivity contribution is 0.584. The van der Waals surface area contributed by atoms with Crippen molar-refractivity contribution in [1.82, 2.24) is 0 Å². The molecule has 18 heavy (non-hydrogen) atoms. The maximum Gasteiger partial charge on any atom is 0.116 e. The van der Waals surface area contributed by atoms with E-state index >= 15 is 0 Å². The normalized spacial score (nSPS) is 27.2. The molecule has 2 aromatic carbocycles. The molecule has 2 aromatic rings. The van der Waals surface area contributed by atoms with Gasteiger partial charge in [-0.1, -0.05) is 60.7 Å². The maximum absolute atomic E-state index is 13.0. The summed E-state index contributed by atoms with van der Waals surface area (Å²) < 4.78 is 13.0. The van der Waals surface area contributed by atoms with E-state index in [1.54, 1.807) is 0 Å². The van der Waals surface area contributed by atoms with Crippen LogP contribution in [0, 0.1) is 0 Å². The molecule has 3 rings (SSSR count). The predicted octanol–water partition coefficient (Wildman–Crippen LogP) is 3.86. The third-order valence-corrected chi connectivity index (χ3v) is 7.10. The first-order valence-electron chi connectivity index (χ1n) is 6.47.